The monoisotopic (exact) mass is 962 g/mol. The van der Waals surface area contributed by atoms with Gasteiger partial charge in [0.1, 0.15) is 19.0 Å². The quantitative estimate of drug-likeness (QED) is 0.0772. The number of methoxy groups -OCH3 is 1. The van der Waals surface area contributed by atoms with E-state index in [4.69, 9.17) is 23.1 Å². The lowest BCUT2D eigenvalue weighted by molar-refractivity contribution is -0.146. The summed E-state index contributed by atoms with van der Waals surface area (Å²) < 4.78 is 32.0. The van der Waals surface area contributed by atoms with Crippen molar-refractivity contribution in [3.8, 4) is 11.5 Å². The van der Waals surface area contributed by atoms with Gasteiger partial charge in [-0.15, -0.1) is 0 Å². The number of benzene rings is 2. The van der Waals surface area contributed by atoms with Crippen LogP contribution in [0.5, 0.6) is 11.5 Å². The summed E-state index contributed by atoms with van der Waals surface area (Å²) >= 11 is 0. The van der Waals surface area contributed by atoms with E-state index in [0.717, 1.165) is 18.4 Å². The molecule has 1 saturated carbocycles. The van der Waals surface area contributed by atoms with E-state index in [2.05, 4.69) is 87.3 Å². The molecule has 2 fully saturated rings. The Balaban J connectivity index is 1.45. The van der Waals surface area contributed by atoms with Crippen molar-refractivity contribution >= 4 is 52.0 Å². The average Bonchev–Trinajstić information content (AvgIpc) is 3.91. The molecule has 0 bridgehead atoms. The number of anilines is 1. The number of nitrogens with zero attached hydrogens (tertiary/aromatic N) is 2. The molecule has 0 aromatic heterocycles. The van der Waals surface area contributed by atoms with Gasteiger partial charge in [0.05, 0.1) is 42.8 Å². The van der Waals surface area contributed by atoms with Gasteiger partial charge >= 0.3 is 12.1 Å². The van der Waals surface area contributed by atoms with Gasteiger partial charge in [-0.3, -0.25) is 19.2 Å². The largest absolute Gasteiger partial charge is 0.540 e. The lowest BCUT2D eigenvalue weighted by Crippen LogP contribution is -2.58. The third-order valence-electron chi connectivity index (χ3n) is 15.0. The van der Waals surface area contributed by atoms with Crippen molar-refractivity contribution in [3.05, 3.63) is 65.7 Å². The molecule has 0 unspecified atom stereocenters. The van der Waals surface area contributed by atoms with Crippen molar-refractivity contribution < 1.29 is 47.0 Å². The van der Waals surface area contributed by atoms with Crippen LogP contribution in [0.2, 0.25) is 34.8 Å². The van der Waals surface area contributed by atoms with E-state index in [0.29, 0.717) is 41.3 Å². The number of rotatable bonds is 20. The van der Waals surface area contributed by atoms with E-state index < -0.39 is 52.9 Å². The first-order chi connectivity index (χ1) is 31.2. The van der Waals surface area contributed by atoms with Crippen LogP contribution in [0.25, 0.3) is 0 Å². The molecule has 1 N–H and O–H groups in total. The molecule has 15 heteroatoms. The highest BCUT2D eigenvalue weighted by atomic mass is 28.4. The molecule has 13 nitrogen and oxygen atoms in total. The van der Waals surface area contributed by atoms with Gasteiger partial charge in [-0.25, -0.2) is 9.69 Å². The summed E-state index contributed by atoms with van der Waals surface area (Å²) in [7, 11) is -3.57. The first-order valence-electron chi connectivity index (χ1n) is 24.3. The first kappa shape index (κ1) is 53.5. The van der Waals surface area contributed by atoms with Crippen molar-refractivity contribution in [2.45, 2.75) is 175 Å². The third-order valence-corrected chi connectivity index (χ3v) is 25.5. The summed E-state index contributed by atoms with van der Waals surface area (Å²) in [6.45, 7) is 33.6. The maximum atomic E-state index is 15.1. The maximum Gasteiger partial charge on any atom is 0.416 e. The number of nitrogens with one attached hydrogen (secondary N) is 1. The number of hydrogen-bond donors (Lipinski definition) is 1. The Labute approximate surface area is 402 Å². The molecule has 2 aromatic carbocycles. The molecule has 370 valence electrons. The van der Waals surface area contributed by atoms with Gasteiger partial charge in [-0.1, -0.05) is 113 Å². The fourth-order valence-electron chi connectivity index (χ4n) is 9.84. The number of amides is 3. The number of carbonyl (C=O) groups excluding carboxylic acids is 5. The van der Waals surface area contributed by atoms with Gasteiger partial charge in [-0.2, -0.15) is 0 Å². The number of fused-ring (bicyclic) bond motifs is 2. The highest BCUT2D eigenvalue weighted by Gasteiger charge is 2.60. The summed E-state index contributed by atoms with van der Waals surface area (Å²) in [4.78, 5) is 72.4. The van der Waals surface area contributed by atoms with Crippen LogP contribution in [0.1, 0.15) is 130 Å². The van der Waals surface area contributed by atoms with Crippen LogP contribution in [0.4, 0.5) is 10.5 Å². The Hall–Kier alpha value is -4.48. The van der Waals surface area contributed by atoms with Crippen LogP contribution in [0.3, 0.4) is 0 Å². The minimum absolute atomic E-state index is 0.00332. The second kappa shape index (κ2) is 21.0. The van der Waals surface area contributed by atoms with Crippen molar-refractivity contribution in [1.82, 2.24) is 10.2 Å². The molecule has 4 atom stereocenters. The number of Topliss-reactive ketones (excluding diaryl/α,β-unsaturated/α-hetero) is 1. The number of ketones is 1. The molecule has 1 spiro atoms. The molecular formula is C52H79N3O10Si2. The summed E-state index contributed by atoms with van der Waals surface area (Å²) in [6, 6.07) is 9.60. The van der Waals surface area contributed by atoms with Crippen molar-refractivity contribution in [1.29, 1.82) is 0 Å². The van der Waals surface area contributed by atoms with Crippen LogP contribution in [0.15, 0.2) is 49.1 Å². The molecule has 0 radical (unpaired) electrons. The topological polar surface area (TPSA) is 150 Å². The molecule has 1 saturated heterocycles. The average molecular weight is 962 g/mol. The van der Waals surface area contributed by atoms with E-state index in [1.807, 2.05) is 36.9 Å². The lowest BCUT2D eigenvalue weighted by Gasteiger charge is -2.44. The fraction of sp³-hybridized carbons (Fsp3) is 0.635. The molecule has 2 aliphatic heterocycles. The minimum atomic E-state index is -2.60. The Morgan fingerprint density at radius 2 is 1.49 bits per heavy atom. The first-order valence-corrected chi connectivity index (χ1v) is 29.3. The number of hydrogen-bond acceptors (Lipinski definition) is 10. The van der Waals surface area contributed by atoms with Crippen molar-refractivity contribution in [2.75, 3.05) is 25.2 Å². The summed E-state index contributed by atoms with van der Waals surface area (Å²) in [5.74, 6) is -1.13. The lowest BCUT2D eigenvalue weighted by atomic mass is 9.91. The zero-order valence-corrected chi connectivity index (χ0v) is 45.0. The van der Waals surface area contributed by atoms with E-state index in [9.17, 15) is 19.2 Å². The fourth-order valence-corrected chi connectivity index (χ4v) is 16.3. The Morgan fingerprint density at radius 3 is 2.01 bits per heavy atom. The number of esters is 1. The molecule has 2 aromatic rings. The van der Waals surface area contributed by atoms with Gasteiger partial charge in [-0.05, 0) is 89.5 Å². The summed E-state index contributed by atoms with van der Waals surface area (Å²) in [5.41, 5.74) is 2.86. The zero-order chi connectivity index (χ0) is 50.0. The van der Waals surface area contributed by atoms with Gasteiger partial charge in [0.2, 0.25) is 5.91 Å². The molecular weight excluding hydrogens is 883 g/mol. The Kier molecular flexibility index (Phi) is 16.8. The smallest absolute Gasteiger partial charge is 0.416 e. The molecule has 3 amide bonds. The third kappa shape index (κ3) is 11.7. The van der Waals surface area contributed by atoms with Crippen molar-refractivity contribution in [3.63, 3.8) is 0 Å². The SMILES string of the molecule is C=CCOC(=O)C[C@H](C(=O)N[C@@H](C)C(=O)Cc1ccc(COC(=O)N2c3cc(O[Si](C(C)C)(C(C)C)C(C)C)c(OC)cc3C(=O)N3CC4(CC4)C[C@H]3[C@@H]2O[Si](C)(C)C(C)(C)C)cc1)C(C)C. The molecule has 2 heterocycles. The number of carbonyl (C=O) groups is 5. The van der Waals surface area contributed by atoms with Gasteiger partial charge in [0.25, 0.3) is 14.2 Å². The van der Waals surface area contributed by atoms with E-state index in [1.165, 1.54) is 6.08 Å². The summed E-state index contributed by atoms with van der Waals surface area (Å²) in [6.07, 6.45) is 2.69. The van der Waals surface area contributed by atoms with Gasteiger partial charge in [0, 0.05) is 19.0 Å². The highest BCUT2D eigenvalue weighted by Crippen LogP contribution is 2.58. The zero-order valence-electron chi connectivity index (χ0n) is 43.0. The maximum absolute atomic E-state index is 15.1. The van der Waals surface area contributed by atoms with E-state index >= 15 is 4.79 Å². The van der Waals surface area contributed by atoms with Crippen LogP contribution in [-0.2, 0) is 41.3 Å². The highest BCUT2D eigenvalue weighted by molar-refractivity contribution is 6.78. The molecule has 1 aliphatic carbocycles. The Bertz CT molecular complexity index is 2120. The number of ether oxygens (including phenoxy) is 3. The van der Waals surface area contributed by atoms with Crippen LogP contribution in [-0.4, -0.2) is 89.8 Å². The van der Waals surface area contributed by atoms with Crippen LogP contribution in [0, 0.1) is 17.3 Å². The normalized spacial score (nSPS) is 18.9. The minimum Gasteiger partial charge on any atom is -0.540 e. The van der Waals surface area contributed by atoms with Gasteiger partial charge < -0.3 is 33.3 Å². The van der Waals surface area contributed by atoms with E-state index in [1.54, 1.807) is 37.1 Å². The molecule has 67 heavy (non-hydrogen) atoms. The second-order valence-corrected chi connectivity index (χ2v) is 32.2. The second-order valence-electron chi connectivity index (χ2n) is 22.1. The summed E-state index contributed by atoms with van der Waals surface area (Å²) in [5, 5.41) is 2.58. The van der Waals surface area contributed by atoms with Gasteiger partial charge in [0.15, 0.2) is 26.1 Å². The van der Waals surface area contributed by atoms with Crippen LogP contribution >= 0.6 is 0 Å². The predicted molar refractivity (Wildman–Crippen MR) is 267 cm³/mol. The Morgan fingerprint density at radius 1 is 0.896 bits per heavy atom. The molecule has 3 aliphatic rings. The predicted octanol–water partition coefficient (Wildman–Crippen LogP) is 10.8. The molecule has 5 rings (SSSR count). The van der Waals surface area contributed by atoms with Crippen LogP contribution < -0.4 is 19.4 Å². The standard InChI is InChI=1S/C52H79N3O10Si2/c1-17-24-62-46(57)27-39(32(2)3)47(58)53-36(10)43(56)25-37-18-20-38(21-19-37)30-63-50(60)55-41-28-45(64-67(33(4)5,34(6)7)35(8)9)44(61-14)26-40(41)48(59)54-31-52(22-23-52)29-42(54)49(55)65-66(15,16)51(11,12)13/h17-21,26,28,32-36,39,42,49H,1,22-25,27,29-31H2,2-16H3,(H,53,58)/t36-,39-,42-,49-/m0/s1. The van der Waals surface area contributed by atoms with E-state index in [-0.39, 0.29) is 76.6 Å². The van der Waals surface area contributed by atoms with Crippen molar-refractivity contribution in [2.24, 2.45) is 17.3 Å².